The molecule has 0 spiro atoms. The van der Waals surface area contributed by atoms with Crippen molar-refractivity contribution < 1.29 is 27.5 Å². The van der Waals surface area contributed by atoms with Gasteiger partial charge in [0, 0.05) is 31.3 Å². The summed E-state index contributed by atoms with van der Waals surface area (Å²) in [4.78, 5) is 12.9. The summed E-state index contributed by atoms with van der Waals surface area (Å²) >= 11 is 0. The van der Waals surface area contributed by atoms with Crippen molar-refractivity contribution in [3.8, 4) is 0 Å². The molecule has 1 aromatic carbocycles. The molecule has 2 aromatic rings. The SMILES string of the molecule is O=C(NCCc1cc2ccccc2o1)N1CCC(O)(C(F)(F)F)C1. The van der Waals surface area contributed by atoms with Gasteiger partial charge in [0.15, 0.2) is 5.60 Å². The lowest BCUT2D eigenvalue weighted by atomic mass is 10.0. The van der Waals surface area contributed by atoms with Crippen LogP contribution < -0.4 is 5.32 Å². The number of carbonyl (C=O) groups excluding carboxylic acids is 1. The van der Waals surface area contributed by atoms with Crippen LogP contribution in [0.1, 0.15) is 12.2 Å². The number of para-hydroxylation sites is 1. The number of furan rings is 1. The first-order valence-electron chi connectivity index (χ1n) is 7.58. The second-order valence-electron chi connectivity index (χ2n) is 5.93. The highest BCUT2D eigenvalue weighted by Crippen LogP contribution is 2.37. The van der Waals surface area contributed by atoms with E-state index < -0.39 is 30.8 Å². The zero-order valence-corrected chi connectivity index (χ0v) is 12.8. The minimum absolute atomic E-state index is 0.132. The minimum atomic E-state index is -4.74. The van der Waals surface area contributed by atoms with Crippen LogP contribution in [0.2, 0.25) is 0 Å². The van der Waals surface area contributed by atoms with Crippen LogP contribution in [0.25, 0.3) is 11.0 Å². The molecule has 130 valence electrons. The third-order valence-corrected chi connectivity index (χ3v) is 4.19. The molecule has 2 N–H and O–H groups in total. The number of likely N-dealkylation sites (tertiary alicyclic amines) is 1. The van der Waals surface area contributed by atoms with Gasteiger partial charge in [0.2, 0.25) is 0 Å². The number of urea groups is 1. The predicted molar refractivity (Wildman–Crippen MR) is 80.5 cm³/mol. The van der Waals surface area contributed by atoms with Crippen LogP contribution in [0.4, 0.5) is 18.0 Å². The molecule has 0 saturated carbocycles. The highest BCUT2D eigenvalue weighted by molar-refractivity contribution is 5.77. The van der Waals surface area contributed by atoms with E-state index in [1.54, 1.807) is 0 Å². The van der Waals surface area contributed by atoms with Crippen LogP contribution in [0.15, 0.2) is 34.7 Å². The van der Waals surface area contributed by atoms with Crippen LogP contribution in [0.5, 0.6) is 0 Å². The molecule has 24 heavy (non-hydrogen) atoms. The van der Waals surface area contributed by atoms with Gasteiger partial charge < -0.3 is 19.7 Å². The fourth-order valence-corrected chi connectivity index (χ4v) is 2.76. The number of fused-ring (bicyclic) bond motifs is 1. The van der Waals surface area contributed by atoms with Crippen LogP contribution in [0, 0.1) is 0 Å². The molecule has 8 heteroatoms. The standard InChI is InChI=1S/C16H17F3N2O3/c17-16(18,19)15(23)6-8-21(10-15)14(22)20-7-5-12-9-11-3-1-2-4-13(11)24-12/h1-4,9,23H,5-8,10H2,(H,20,22). The van der Waals surface area contributed by atoms with E-state index in [1.807, 2.05) is 30.3 Å². The molecule has 1 aliphatic heterocycles. The molecule has 2 amide bonds. The number of carbonyl (C=O) groups is 1. The van der Waals surface area contributed by atoms with Gasteiger partial charge >= 0.3 is 12.2 Å². The van der Waals surface area contributed by atoms with E-state index in [4.69, 9.17) is 4.42 Å². The summed E-state index contributed by atoms with van der Waals surface area (Å²) in [6.07, 6.45) is -4.82. The van der Waals surface area contributed by atoms with E-state index in [1.165, 1.54) is 0 Å². The lowest BCUT2D eigenvalue weighted by Crippen LogP contribution is -2.49. The van der Waals surface area contributed by atoms with E-state index >= 15 is 0 Å². The number of β-amino-alcohol motifs (C(OH)–C–C–N with tert-alkyl or cyclic N) is 1. The van der Waals surface area contributed by atoms with E-state index in [2.05, 4.69) is 5.32 Å². The average Bonchev–Trinajstić information content (AvgIpc) is 3.10. The first kappa shape index (κ1) is 16.6. The first-order chi connectivity index (χ1) is 11.3. The second-order valence-corrected chi connectivity index (χ2v) is 5.93. The zero-order chi connectivity index (χ0) is 17.4. The van der Waals surface area contributed by atoms with Crippen molar-refractivity contribution in [1.82, 2.24) is 10.2 Å². The average molecular weight is 342 g/mol. The van der Waals surface area contributed by atoms with Crippen molar-refractivity contribution in [3.63, 3.8) is 0 Å². The number of hydrogen-bond donors (Lipinski definition) is 2. The summed E-state index contributed by atoms with van der Waals surface area (Å²) in [7, 11) is 0. The van der Waals surface area contributed by atoms with Gasteiger partial charge in [-0.15, -0.1) is 0 Å². The molecule has 2 heterocycles. The number of alkyl halides is 3. The molecular formula is C16H17F3N2O3. The highest BCUT2D eigenvalue weighted by Gasteiger charge is 2.57. The minimum Gasteiger partial charge on any atom is -0.461 e. The quantitative estimate of drug-likeness (QED) is 0.901. The molecule has 1 unspecified atom stereocenters. The molecule has 5 nitrogen and oxygen atoms in total. The predicted octanol–water partition coefficient (Wildman–Crippen LogP) is 2.68. The lowest BCUT2D eigenvalue weighted by molar-refractivity contribution is -0.253. The van der Waals surface area contributed by atoms with E-state index in [-0.39, 0.29) is 13.1 Å². The Kier molecular flexibility index (Phi) is 4.16. The molecule has 1 fully saturated rings. The lowest BCUT2D eigenvalue weighted by Gasteiger charge is -2.25. The van der Waals surface area contributed by atoms with Gasteiger partial charge in [0.05, 0.1) is 6.54 Å². The van der Waals surface area contributed by atoms with E-state index in [9.17, 15) is 23.1 Å². The van der Waals surface area contributed by atoms with Crippen LogP contribution >= 0.6 is 0 Å². The Morgan fingerprint density at radius 1 is 1.38 bits per heavy atom. The smallest absolute Gasteiger partial charge is 0.419 e. The molecule has 1 atom stereocenters. The van der Waals surface area contributed by atoms with Gasteiger partial charge in [0.25, 0.3) is 0 Å². The number of rotatable bonds is 3. The van der Waals surface area contributed by atoms with Gasteiger partial charge in [0.1, 0.15) is 11.3 Å². The Morgan fingerprint density at radius 2 is 2.12 bits per heavy atom. The molecule has 0 bridgehead atoms. The maximum Gasteiger partial charge on any atom is 0.419 e. The summed E-state index contributed by atoms with van der Waals surface area (Å²) in [6, 6.07) is 8.72. The number of benzene rings is 1. The molecule has 0 aliphatic carbocycles. The Balaban J connectivity index is 1.51. The number of hydrogen-bond acceptors (Lipinski definition) is 3. The zero-order valence-electron chi connectivity index (χ0n) is 12.8. The first-order valence-corrected chi connectivity index (χ1v) is 7.58. The Labute approximate surface area is 136 Å². The summed E-state index contributed by atoms with van der Waals surface area (Å²) in [5.41, 5.74) is -2.07. The number of amides is 2. The second kappa shape index (κ2) is 6.01. The number of aliphatic hydroxyl groups is 1. The van der Waals surface area contributed by atoms with Crippen LogP contribution in [-0.2, 0) is 6.42 Å². The third kappa shape index (κ3) is 3.19. The number of nitrogens with one attached hydrogen (secondary N) is 1. The molecule has 1 saturated heterocycles. The fourth-order valence-electron chi connectivity index (χ4n) is 2.76. The summed E-state index contributed by atoms with van der Waals surface area (Å²) in [5.74, 6) is 0.685. The van der Waals surface area contributed by atoms with Gasteiger partial charge in [-0.3, -0.25) is 0 Å². The topological polar surface area (TPSA) is 65.7 Å². The highest BCUT2D eigenvalue weighted by atomic mass is 19.4. The maximum atomic E-state index is 12.7. The monoisotopic (exact) mass is 342 g/mol. The Morgan fingerprint density at radius 3 is 2.79 bits per heavy atom. The normalized spacial score (nSPS) is 21.4. The molecule has 1 aromatic heterocycles. The summed E-state index contributed by atoms with van der Waals surface area (Å²) in [5, 5.41) is 13.1. The third-order valence-electron chi connectivity index (χ3n) is 4.19. The van der Waals surface area contributed by atoms with Gasteiger partial charge in [-0.1, -0.05) is 18.2 Å². The molecule has 0 radical (unpaired) electrons. The van der Waals surface area contributed by atoms with E-state index in [0.717, 1.165) is 15.9 Å². The Hall–Kier alpha value is -2.22. The summed E-state index contributed by atoms with van der Waals surface area (Å²) < 4.78 is 43.8. The molecular weight excluding hydrogens is 325 g/mol. The maximum absolute atomic E-state index is 12.7. The van der Waals surface area contributed by atoms with Crippen molar-refractivity contribution in [3.05, 3.63) is 36.1 Å². The molecule has 3 rings (SSSR count). The largest absolute Gasteiger partial charge is 0.461 e. The van der Waals surface area contributed by atoms with Crippen LogP contribution in [-0.4, -0.2) is 47.4 Å². The van der Waals surface area contributed by atoms with Crippen molar-refractivity contribution >= 4 is 17.0 Å². The van der Waals surface area contributed by atoms with E-state index in [0.29, 0.717) is 12.2 Å². The van der Waals surface area contributed by atoms with Crippen molar-refractivity contribution in [1.29, 1.82) is 0 Å². The summed E-state index contributed by atoms with van der Waals surface area (Å²) in [6.45, 7) is -0.640. The van der Waals surface area contributed by atoms with Crippen LogP contribution in [0.3, 0.4) is 0 Å². The fraction of sp³-hybridized carbons (Fsp3) is 0.438. The Bertz CT molecular complexity index is 710. The van der Waals surface area contributed by atoms with Gasteiger partial charge in [-0.05, 0) is 12.1 Å². The van der Waals surface area contributed by atoms with Crippen molar-refractivity contribution in [2.45, 2.75) is 24.6 Å². The number of halogens is 3. The number of nitrogens with zero attached hydrogens (tertiary/aromatic N) is 1. The van der Waals surface area contributed by atoms with Gasteiger partial charge in [-0.2, -0.15) is 13.2 Å². The molecule has 1 aliphatic rings. The van der Waals surface area contributed by atoms with Crippen molar-refractivity contribution in [2.24, 2.45) is 0 Å². The van der Waals surface area contributed by atoms with Gasteiger partial charge in [-0.25, -0.2) is 4.79 Å². The van der Waals surface area contributed by atoms with Crippen molar-refractivity contribution in [2.75, 3.05) is 19.6 Å².